The lowest BCUT2D eigenvalue weighted by Crippen LogP contribution is -2.13. The van der Waals surface area contributed by atoms with Gasteiger partial charge in [0.15, 0.2) is 0 Å². The summed E-state index contributed by atoms with van der Waals surface area (Å²) in [5.74, 6) is -0.0622. The normalized spacial score (nSPS) is 10.2. The molecule has 1 N–H and O–H groups in total. The molecule has 0 atom stereocenters. The lowest BCUT2D eigenvalue weighted by Gasteiger charge is -2.07. The Bertz CT molecular complexity index is 599. The SMILES string of the molecule is CCCCOc1ccc(C(=O)Nc2cccc(F)n2)cc1. The fourth-order valence-electron chi connectivity index (χ4n) is 1.70. The van der Waals surface area contributed by atoms with E-state index in [1.54, 1.807) is 24.3 Å². The molecule has 1 amide bonds. The number of pyridine rings is 1. The Labute approximate surface area is 123 Å². The van der Waals surface area contributed by atoms with Gasteiger partial charge in [-0.15, -0.1) is 0 Å². The molecule has 2 aromatic rings. The Morgan fingerprint density at radius 1 is 1.24 bits per heavy atom. The second-order valence-corrected chi connectivity index (χ2v) is 4.53. The number of hydrogen-bond acceptors (Lipinski definition) is 3. The summed E-state index contributed by atoms with van der Waals surface area (Å²) in [6.45, 7) is 2.76. The van der Waals surface area contributed by atoms with E-state index in [2.05, 4.69) is 17.2 Å². The van der Waals surface area contributed by atoms with Crippen molar-refractivity contribution in [2.45, 2.75) is 19.8 Å². The van der Waals surface area contributed by atoms with E-state index in [0.29, 0.717) is 12.2 Å². The molecule has 0 radical (unpaired) electrons. The van der Waals surface area contributed by atoms with Gasteiger partial charge >= 0.3 is 0 Å². The third kappa shape index (κ3) is 4.56. The summed E-state index contributed by atoms with van der Waals surface area (Å²) in [5.41, 5.74) is 0.462. The molecule has 0 saturated carbocycles. The number of amides is 1. The smallest absolute Gasteiger partial charge is 0.256 e. The molecule has 0 unspecified atom stereocenters. The fourth-order valence-corrected chi connectivity index (χ4v) is 1.70. The van der Waals surface area contributed by atoms with Crippen LogP contribution < -0.4 is 10.1 Å². The highest BCUT2D eigenvalue weighted by Gasteiger charge is 2.07. The molecule has 0 saturated heterocycles. The first-order chi connectivity index (χ1) is 10.2. The van der Waals surface area contributed by atoms with Crippen LogP contribution in [0.1, 0.15) is 30.1 Å². The number of halogens is 1. The number of ether oxygens (including phenoxy) is 1. The second-order valence-electron chi connectivity index (χ2n) is 4.53. The Morgan fingerprint density at radius 3 is 2.67 bits per heavy atom. The monoisotopic (exact) mass is 288 g/mol. The Hall–Kier alpha value is -2.43. The molecule has 110 valence electrons. The Kier molecular flexibility index (Phi) is 5.26. The van der Waals surface area contributed by atoms with Crippen molar-refractivity contribution in [1.29, 1.82) is 0 Å². The van der Waals surface area contributed by atoms with Crippen LogP contribution in [0.4, 0.5) is 10.2 Å². The Morgan fingerprint density at radius 2 is 2.00 bits per heavy atom. The Balaban J connectivity index is 1.96. The number of anilines is 1. The summed E-state index contributed by atoms with van der Waals surface area (Å²) in [5, 5.41) is 2.54. The number of nitrogens with one attached hydrogen (secondary N) is 1. The van der Waals surface area contributed by atoms with Crippen molar-refractivity contribution >= 4 is 11.7 Å². The average molecular weight is 288 g/mol. The number of carbonyl (C=O) groups excluding carboxylic acids is 1. The largest absolute Gasteiger partial charge is 0.494 e. The molecular formula is C16H17FN2O2. The summed E-state index contributed by atoms with van der Waals surface area (Å²) in [6.07, 6.45) is 2.06. The van der Waals surface area contributed by atoms with Crippen molar-refractivity contribution in [1.82, 2.24) is 4.98 Å². The summed E-state index contributed by atoms with van der Waals surface area (Å²) < 4.78 is 18.5. The molecule has 0 aliphatic heterocycles. The van der Waals surface area contributed by atoms with E-state index in [9.17, 15) is 9.18 Å². The predicted molar refractivity (Wildman–Crippen MR) is 79.0 cm³/mol. The molecule has 1 aromatic heterocycles. The number of carbonyl (C=O) groups is 1. The maximum atomic E-state index is 12.9. The minimum atomic E-state index is -0.632. The van der Waals surface area contributed by atoms with Crippen molar-refractivity contribution < 1.29 is 13.9 Å². The molecule has 0 aliphatic rings. The minimum Gasteiger partial charge on any atom is -0.494 e. The molecule has 0 aliphatic carbocycles. The molecular weight excluding hydrogens is 271 g/mol. The lowest BCUT2D eigenvalue weighted by atomic mass is 10.2. The van der Waals surface area contributed by atoms with E-state index in [-0.39, 0.29) is 11.7 Å². The molecule has 2 rings (SSSR count). The number of unbranched alkanes of at least 4 members (excludes halogenated alkanes) is 1. The van der Waals surface area contributed by atoms with E-state index < -0.39 is 5.95 Å². The zero-order valence-corrected chi connectivity index (χ0v) is 11.8. The van der Waals surface area contributed by atoms with E-state index in [1.165, 1.54) is 18.2 Å². The number of nitrogens with zero attached hydrogens (tertiary/aromatic N) is 1. The van der Waals surface area contributed by atoms with Crippen molar-refractivity contribution in [3.8, 4) is 5.75 Å². The van der Waals surface area contributed by atoms with Crippen LogP contribution in [0.15, 0.2) is 42.5 Å². The molecule has 0 fully saturated rings. The average Bonchev–Trinajstić information content (AvgIpc) is 2.48. The number of hydrogen-bond donors (Lipinski definition) is 1. The zero-order chi connectivity index (χ0) is 15.1. The van der Waals surface area contributed by atoms with Gasteiger partial charge in [0.25, 0.3) is 5.91 Å². The van der Waals surface area contributed by atoms with Crippen LogP contribution in [-0.2, 0) is 0 Å². The molecule has 0 bridgehead atoms. The van der Waals surface area contributed by atoms with Crippen molar-refractivity contribution in [3.63, 3.8) is 0 Å². The van der Waals surface area contributed by atoms with Crippen LogP contribution in [0, 0.1) is 5.95 Å². The number of aromatic nitrogens is 1. The van der Waals surface area contributed by atoms with Crippen LogP contribution in [0.5, 0.6) is 5.75 Å². The fraction of sp³-hybridized carbons (Fsp3) is 0.250. The molecule has 21 heavy (non-hydrogen) atoms. The van der Waals surface area contributed by atoms with Gasteiger partial charge in [-0.1, -0.05) is 19.4 Å². The highest BCUT2D eigenvalue weighted by Crippen LogP contribution is 2.14. The standard InChI is InChI=1S/C16H17FN2O2/c1-2-3-11-21-13-9-7-12(8-10-13)16(20)19-15-6-4-5-14(17)18-15/h4-10H,2-3,11H2,1H3,(H,18,19,20). The van der Waals surface area contributed by atoms with Gasteiger partial charge in [-0.3, -0.25) is 4.79 Å². The number of benzene rings is 1. The molecule has 4 nitrogen and oxygen atoms in total. The topological polar surface area (TPSA) is 51.2 Å². The maximum absolute atomic E-state index is 12.9. The first-order valence-electron chi connectivity index (χ1n) is 6.86. The van der Waals surface area contributed by atoms with Crippen LogP contribution in [0.2, 0.25) is 0 Å². The highest BCUT2D eigenvalue weighted by molar-refractivity contribution is 6.03. The molecule has 0 spiro atoms. The molecule has 1 aromatic carbocycles. The van der Waals surface area contributed by atoms with Gasteiger partial charge in [0, 0.05) is 5.56 Å². The van der Waals surface area contributed by atoms with E-state index in [4.69, 9.17) is 4.74 Å². The quantitative estimate of drug-likeness (QED) is 0.652. The molecule has 5 heteroatoms. The van der Waals surface area contributed by atoms with Crippen molar-refractivity contribution in [2.75, 3.05) is 11.9 Å². The zero-order valence-electron chi connectivity index (χ0n) is 11.8. The number of rotatable bonds is 6. The van der Waals surface area contributed by atoms with Gasteiger partial charge in [0.05, 0.1) is 6.61 Å². The van der Waals surface area contributed by atoms with Gasteiger partial charge in [-0.2, -0.15) is 4.39 Å². The van der Waals surface area contributed by atoms with Crippen LogP contribution in [0.25, 0.3) is 0 Å². The summed E-state index contributed by atoms with van der Waals surface area (Å²) in [4.78, 5) is 15.6. The minimum absolute atomic E-state index is 0.184. The third-order valence-electron chi connectivity index (χ3n) is 2.84. The van der Waals surface area contributed by atoms with Crippen molar-refractivity contribution in [3.05, 3.63) is 54.0 Å². The summed E-state index contributed by atoms with van der Waals surface area (Å²) >= 11 is 0. The van der Waals surface area contributed by atoms with E-state index >= 15 is 0 Å². The lowest BCUT2D eigenvalue weighted by molar-refractivity contribution is 0.102. The second kappa shape index (κ2) is 7.38. The van der Waals surface area contributed by atoms with Gasteiger partial charge in [-0.05, 0) is 42.8 Å². The predicted octanol–water partition coefficient (Wildman–Crippen LogP) is 3.65. The highest BCUT2D eigenvalue weighted by atomic mass is 19.1. The van der Waals surface area contributed by atoms with Crippen LogP contribution in [-0.4, -0.2) is 17.5 Å². The summed E-state index contributed by atoms with van der Waals surface area (Å²) in [6, 6.07) is 11.0. The maximum Gasteiger partial charge on any atom is 0.256 e. The summed E-state index contributed by atoms with van der Waals surface area (Å²) in [7, 11) is 0. The van der Waals surface area contributed by atoms with Crippen LogP contribution in [0.3, 0.4) is 0 Å². The third-order valence-corrected chi connectivity index (χ3v) is 2.84. The first kappa shape index (κ1) is 15.0. The van der Waals surface area contributed by atoms with Crippen LogP contribution >= 0.6 is 0 Å². The molecule has 1 heterocycles. The first-order valence-corrected chi connectivity index (χ1v) is 6.86. The van der Waals surface area contributed by atoms with Gasteiger partial charge in [0.1, 0.15) is 11.6 Å². The van der Waals surface area contributed by atoms with E-state index in [1.807, 2.05) is 0 Å². The van der Waals surface area contributed by atoms with Gasteiger partial charge < -0.3 is 10.1 Å². The van der Waals surface area contributed by atoms with Gasteiger partial charge in [0.2, 0.25) is 5.95 Å². The van der Waals surface area contributed by atoms with Gasteiger partial charge in [-0.25, -0.2) is 4.98 Å². The van der Waals surface area contributed by atoms with Crippen molar-refractivity contribution in [2.24, 2.45) is 0 Å². The van der Waals surface area contributed by atoms with E-state index in [0.717, 1.165) is 18.6 Å².